The van der Waals surface area contributed by atoms with E-state index in [1.165, 1.54) is 12.8 Å². The molecule has 1 atom stereocenters. The van der Waals surface area contributed by atoms with E-state index in [0.29, 0.717) is 11.7 Å². The van der Waals surface area contributed by atoms with Gasteiger partial charge in [0.05, 0.1) is 5.01 Å². The number of rotatable bonds is 2. The smallest absolute Gasteiger partial charge is 0.273 e. The van der Waals surface area contributed by atoms with E-state index in [1.807, 2.05) is 17.2 Å². The van der Waals surface area contributed by atoms with E-state index < -0.39 is 0 Å². The molecule has 1 aromatic rings. The summed E-state index contributed by atoms with van der Waals surface area (Å²) < 4.78 is 0. The normalized spacial score (nSPS) is 21.3. The molecule has 0 aliphatic carbocycles. The van der Waals surface area contributed by atoms with Gasteiger partial charge in [-0.15, -0.1) is 11.3 Å². The molecule has 1 fully saturated rings. The van der Waals surface area contributed by atoms with Crippen LogP contribution in [0.15, 0.2) is 5.38 Å². The van der Waals surface area contributed by atoms with E-state index in [2.05, 4.69) is 20.9 Å². The molecule has 1 aliphatic heterocycles. The van der Waals surface area contributed by atoms with Crippen LogP contribution in [0.2, 0.25) is 0 Å². The van der Waals surface area contributed by atoms with Crippen molar-refractivity contribution in [2.24, 2.45) is 0 Å². The van der Waals surface area contributed by atoms with Gasteiger partial charge in [0, 0.05) is 23.3 Å². The Morgan fingerprint density at radius 2 is 2.41 bits per heavy atom. The van der Waals surface area contributed by atoms with Gasteiger partial charge in [0.25, 0.3) is 5.91 Å². The number of nitrogens with zero attached hydrogens (tertiary/aromatic N) is 2. The van der Waals surface area contributed by atoms with Crippen LogP contribution in [0.5, 0.6) is 0 Å². The zero-order valence-corrected chi connectivity index (χ0v) is 12.4. The number of hydrogen-bond donors (Lipinski definition) is 0. The molecule has 1 aliphatic rings. The molecule has 2 rings (SSSR count). The Kier molecular flexibility index (Phi) is 4.56. The number of alkyl halides is 1. The van der Waals surface area contributed by atoms with Crippen molar-refractivity contribution in [3.63, 3.8) is 0 Å². The summed E-state index contributed by atoms with van der Waals surface area (Å²) in [6, 6.07) is 0.326. The Morgan fingerprint density at radius 3 is 3.06 bits per heavy atom. The van der Waals surface area contributed by atoms with Crippen molar-refractivity contribution in [2.75, 3.05) is 11.9 Å². The number of thiazole rings is 1. The average Bonchev–Trinajstić information content (AvgIpc) is 2.64. The molecule has 1 saturated heterocycles. The van der Waals surface area contributed by atoms with Crippen LogP contribution in [0.1, 0.15) is 41.2 Å². The Bertz CT molecular complexity index is 394. The van der Waals surface area contributed by atoms with Crippen molar-refractivity contribution in [2.45, 2.75) is 38.6 Å². The Labute approximate surface area is 114 Å². The molecule has 3 nitrogen and oxygen atoms in total. The quantitative estimate of drug-likeness (QED) is 0.785. The number of likely N-dealkylation sites (tertiary alicyclic amines) is 1. The first kappa shape index (κ1) is 13.0. The predicted molar refractivity (Wildman–Crippen MR) is 73.9 cm³/mol. The second kappa shape index (κ2) is 5.96. The van der Waals surface area contributed by atoms with Gasteiger partial charge in [-0.1, -0.05) is 28.8 Å². The van der Waals surface area contributed by atoms with Gasteiger partial charge in [0.1, 0.15) is 5.69 Å². The van der Waals surface area contributed by atoms with Crippen molar-refractivity contribution in [1.82, 2.24) is 9.88 Å². The maximum absolute atomic E-state index is 12.4. The van der Waals surface area contributed by atoms with E-state index in [1.54, 1.807) is 11.3 Å². The van der Waals surface area contributed by atoms with E-state index >= 15 is 0 Å². The highest BCUT2D eigenvalue weighted by atomic mass is 79.9. The Balaban J connectivity index is 2.15. The van der Waals surface area contributed by atoms with Crippen LogP contribution in [-0.2, 0) is 0 Å². The average molecular weight is 317 g/mol. The van der Waals surface area contributed by atoms with Crippen LogP contribution in [0, 0.1) is 6.92 Å². The summed E-state index contributed by atoms with van der Waals surface area (Å²) in [4.78, 5) is 18.7. The summed E-state index contributed by atoms with van der Waals surface area (Å²) in [6.07, 6.45) is 4.65. The molecule has 0 N–H and O–H groups in total. The van der Waals surface area contributed by atoms with Gasteiger partial charge in [-0.3, -0.25) is 4.79 Å². The molecule has 2 heterocycles. The van der Waals surface area contributed by atoms with Crippen LogP contribution in [-0.4, -0.2) is 33.7 Å². The maximum atomic E-state index is 12.4. The van der Waals surface area contributed by atoms with Gasteiger partial charge < -0.3 is 4.90 Å². The molecular formula is C12H17BrN2OS. The molecule has 0 saturated carbocycles. The van der Waals surface area contributed by atoms with Gasteiger partial charge in [0.2, 0.25) is 0 Å². The fourth-order valence-electron chi connectivity index (χ4n) is 2.21. The zero-order valence-electron chi connectivity index (χ0n) is 9.99. The standard InChI is InChI=1S/C12H17BrN2OS/c1-9-14-11(8-17-9)12(16)15-6-4-2-3-5-10(15)7-13/h8,10H,2-7H2,1H3. The minimum absolute atomic E-state index is 0.0979. The number of carbonyl (C=O) groups excluding carboxylic acids is 1. The van der Waals surface area contributed by atoms with Crippen molar-refractivity contribution >= 4 is 33.2 Å². The van der Waals surface area contributed by atoms with E-state index in [0.717, 1.165) is 29.7 Å². The number of aryl methyl sites for hydroxylation is 1. The van der Waals surface area contributed by atoms with Crippen molar-refractivity contribution in [1.29, 1.82) is 0 Å². The van der Waals surface area contributed by atoms with Crippen molar-refractivity contribution in [3.8, 4) is 0 Å². The summed E-state index contributed by atoms with van der Waals surface area (Å²) >= 11 is 5.06. The first-order valence-electron chi connectivity index (χ1n) is 6.01. The largest absolute Gasteiger partial charge is 0.333 e. The summed E-state index contributed by atoms with van der Waals surface area (Å²) in [7, 11) is 0. The zero-order chi connectivity index (χ0) is 12.3. The minimum atomic E-state index is 0.0979. The number of hydrogen-bond acceptors (Lipinski definition) is 3. The Hall–Kier alpha value is -0.420. The summed E-state index contributed by atoms with van der Waals surface area (Å²) in [5.41, 5.74) is 0.611. The highest BCUT2D eigenvalue weighted by Crippen LogP contribution is 2.21. The molecule has 0 aromatic carbocycles. The minimum Gasteiger partial charge on any atom is -0.333 e. The van der Waals surface area contributed by atoms with E-state index in [9.17, 15) is 4.79 Å². The van der Waals surface area contributed by atoms with Crippen molar-refractivity contribution in [3.05, 3.63) is 16.1 Å². The lowest BCUT2D eigenvalue weighted by Crippen LogP contribution is -2.41. The maximum Gasteiger partial charge on any atom is 0.273 e. The molecular weight excluding hydrogens is 300 g/mol. The van der Waals surface area contributed by atoms with Crippen LogP contribution in [0.4, 0.5) is 0 Å². The number of amides is 1. The van der Waals surface area contributed by atoms with Crippen molar-refractivity contribution < 1.29 is 4.79 Å². The predicted octanol–water partition coefficient (Wildman–Crippen LogP) is 3.23. The molecule has 17 heavy (non-hydrogen) atoms. The third-order valence-corrected chi connectivity index (χ3v) is 4.68. The molecule has 1 amide bonds. The highest BCUT2D eigenvalue weighted by molar-refractivity contribution is 9.09. The van der Waals surface area contributed by atoms with Gasteiger partial charge in [-0.2, -0.15) is 0 Å². The molecule has 1 aromatic heterocycles. The number of carbonyl (C=O) groups is 1. The number of halogens is 1. The van der Waals surface area contributed by atoms with Crippen LogP contribution >= 0.6 is 27.3 Å². The summed E-state index contributed by atoms with van der Waals surface area (Å²) in [6.45, 7) is 2.80. The Morgan fingerprint density at radius 1 is 1.59 bits per heavy atom. The third kappa shape index (κ3) is 3.07. The molecule has 0 spiro atoms. The van der Waals surface area contributed by atoms with E-state index in [4.69, 9.17) is 0 Å². The lowest BCUT2D eigenvalue weighted by Gasteiger charge is -2.28. The first-order chi connectivity index (χ1) is 8.22. The van der Waals surface area contributed by atoms with Gasteiger partial charge in [0.15, 0.2) is 0 Å². The monoisotopic (exact) mass is 316 g/mol. The lowest BCUT2D eigenvalue weighted by atomic mass is 10.1. The molecule has 1 unspecified atom stereocenters. The van der Waals surface area contributed by atoms with Gasteiger partial charge in [-0.05, 0) is 19.8 Å². The molecule has 0 bridgehead atoms. The third-order valence-electron chi connectivity index (χ3n) is 3.15. The lowest BCUT2D eigenvalue weighted by molar-refractivity contribution is 0.0697. The van der Waals surface area contributed by atoms with Crippen LogP contribution in [0.3, 0.4) is 0 Å². The molecule has 94 valence electrons. The first-order valence-corrected chi connectivity index (χ1v) is 8.01. The highest BCUT2D eigenvalue weighted by Gasteiger charge is 2.26. The summed E-state index contributed by atoms with van der Waals surface area (Å²) in [5.74, 6) is 0.0979. The SMILES string of the molecule is Cc1nc(C(=O)N2CCCCCC2CBr)cs1. The van der Waals surface area contributed by atoms with Crippen LogP contribution in [0.25, 0.3) is 0 Å². The van der Waals surface area contributed by atoms with E-state index in [-0.39, 0.29) is 5.91 Å². The topological polar surface area (TPSA) is 33.2 Å². The van der Waals surface area contributed by atoms with Crippen LogP contribution < -0.4 is 0 Å². The molecule has 5 heteroatoms. The van der Waals surface area contributed by atoms with Gasteiger partial charge >= 0.3 is 0 Å². The van der Waals surface area contributed by atoms with Gasteiger partial charge in [-0.25, -0.2) is 4.98 Å². The summed E-state index contributed by atoms with van der Waals surface area (Å²) in [5, 5.41) is 3.69. The second-order valence-electron chi connectivity index (χ2n) is 4.41. The second-order valence-corrected chi connectivity index (χ2v) is 6.12. The fraction of sp³-hybridized carbons (Fsp3) is 0.667. The fourth-order valence-corrected chi connectivity index (χ4v) is 3.47. The number of aromatic nitrogens is 1. The molecule has 0 radical (unpaired) electrons.